The number of hydrogen-bond acceptors (Lipinski definition) is 5. The zero-order valence-corrected chi connectivity index (χ0v) is 21.1. The second-order valence-corrected chi connectivity index (χ2v) is 8.62. The molecule has 4 rings (SSSR count). The predicted octanol–water partition coefficient (Wildman–Crippen LogP) is 4.94. The van der Waals surface area contributed by atoms with Crippen LogP contribution >= 0.6 is 0 Å². The van der Waals surface area contributed by atoms with E-state index in [4.69, 9.17) is 14.2 Å². The first-order valence-corrected chi connectivity index (χ1v) is 12.0. The van der Waals surface area contributed by atoms with Gasteiger partial charge in [-0.05, 0) is 53.6 Å². The maximum Gasteiger partial charge on any atom is 0.246 e. The van der Waals surface area contributed by atoms with Gasteiger partial charge in [-0.3, -0.25) is 9.69 Å². The van der Waals surface area contributed by atoms with Crippen LogP contribution in [0.2, 0.25) is 0 Å². The Morgan fingerprint density at radius 2 is 1.30 bits per heavy atom. The van der Waals surface area contributed by atoms with Gasteiger partial charge < -0.3 is 19.1 Å². The topological polar surface area (TPSA) is 51.2 Å². The van der Waals surface area contributed by atoms with Crippen LogP contribution in [0.25, 0.3) is 6.08 Å². The van der Waals surface area contributed by atoms with E-state index in [0.29, 0.717) is 49.0 Å². The van der Waals surface area contributed by atoms with Gasteiger partial charge in [0.2, 0.25) is 11.7 Å². The Morgan fingerprint density at radius 3 is 1.78 bits per heavy atom. The van der Waals surface area contributed by atoms with Crippen molar-refractivity contribution in [3.8, 4) is 17.2 Å². The zero-order valence-electron chi connectivity index (χ0n) is 21.1. The first kappa shape index (κ1) is 26.2. The molecule has 1 aliphatic rings. The van der Waals surface area contributed by atoms with Crippen LogP contribution in [0, 0.1) is 11.6 Å². The van der Waals surface area contributed by atoms with Gasteiger partial charge in [-0.25, -0.2) is 8.78 Å². The fraction of sp³-hybridized carbons (Fsp3) is 0.276. The van der Waals surface area contributed by atoms with Crippen LogP contribution in [0.3, 0.4) is 0 Å². The van der Waals surface area contributed by atoms with Gasteiger partial charge >= 0.3 is 0 Å². The summed E-state index contributed by atoms with van der Waals surface area (Å²) in [7, 11) is 4.62. The highest BCUT2D eigenvalue weighted by molar-refractivity contribution is 5.92. The Kier molecular flexibility index (Phi) is 8.40. The van der Waals surface area contributed by atoms with Gasteiger partial charge in [0.25, 0.3) is 0 Å². The van der Waals surface area contributed by atoms with E-state index in [2.05, 4.69) is 4.90 Å². The van der Waals surface area contributed by atoms with Crippen LogP contribution in [-0.2, 0) is 4.79 Å². The molecule has 1 aliphatic heterocycles. The van der Waals surface area contributed by atoms with Crippen molar-refractivity contribution in [3.05, 3.63) is 95.1 Å². The van der Waals surface area contributed by atoms with Gasteiger partial charge in [0.05, 0.1) is 27.4 Å². The SMILES string of the molecule is COc1ccc(C=CC(=O)N2CCN(C(c3ccc(F)cc3)c3ccc(F)cc3)CC2)c(OC)c1OC. The van der Waals surface area contributed by atoms with E-state index in [0.717, 1.165) is 11.1 Å². The maximum atomic E-state index is 13.6. The van der Waals surface area contributed by atoms with Crippen molar-refractivity contribution in [2.45, 2.75) is 6.04 Å². The van der Waals surface area contributed by atoms with E-state index < -0.39 is 0 Å². The minimum absolute atomic E-state index is 0.114. The lowest BCUT2D eigenvalue weighted by Crippen LogP contribution is -2.49. The van der Waals surface area contributed by atoms with Crippen molar-refractivity contribution in [2.75, 3.05) is 47.5 Å². The van der Waals surface area contributed by atoms with Gasteiger partial charge in [0, 0.05) is 37.8 Å². The second kappa shape index (κ2) is 11.9. The molecule has 1 amide bonds. The molecule has 0 spiro atoms. The Morgan fingerprint density at radius 1 is 0.757 bits per heavy atom. The molecule has 194 valence electrons. The number of ether oxygens (including phenoxy) is 3. The Hall–Kier alpha value is -3.91. The van der Waals surface area contributed by atoms with Gasteiger partial charge in [-0.15, -0.1) is 0 Å². The van der Waals surface area contributed by atoms with E-state index >= 15 is 0 Å². The molecule has 0 aromatic heterocycles. The van der Waals surface area contributed by atoms with E-state index in [1.165, 1.54) is 44.6 Å². The third-order valence-corrected chi connectivity index (χ3v) is 6.50. The summed E-state index contributed by atoms with van der Waals surface area (Å²) in [6.45, 7) is 2.26. The van der Waals surface area contributed by atoms with Crippen molar-refractivity contribution in [1.82, 2.24) is 9.80 Å². The molecule has 0 N–H and O–H groups in total. The molecule has 0 radical (unpaired) electrons. The molecule has 1 heterocycles. The predicted molar refractivity (Wildman–Crippen MR) is 138 cm³/mol. The van der Waals surface area contributed by atoms with E-state index in [1.54, 1.807) is 54.5 Å². The lowest BCUT2D eigenvalue weighted by Gasteiger charge is -2.39. The number of carbonyl (C=O) groups is 1. The molecular formula is C29H30F2N2O4. The minimum Gasteiger partial charge on any atom is -0.493 e. The number of benzene rings is 3. The number of halogens is 2. The van der Waals surface area contributed by atoms with Crippen molar-refractivity contribution in [2.24, 2.45) is 0 Å². The number of hydrogen-bond donors (Lipinski definition) is 0. The van der Waals surface area contributed by atoms with Crippen molar-refractivity contribution in [3.63, 3.8) is 0 Å². The number of piperazine rings is 1. The molecule has 1 fully saturated rings. The average molecular weight is 509 g/mol. The van der Waals surface area contributed by atoms with Gasteiger partial charge in [0.1, 0.15) is 11.6 Å². The molecule has 8 heteroatoms. The maximum absolute atomic E-state index is 13.6. The Balaban J connectivity index is 1.48. The molecule has 0 aliphatic carbocycles. The lowest BCUT2D eigenvalue weighted by atomic mass is 9.96. The highest BCUT2D eigenvalue weighted by atomic mass is 19.1. The van der Waals surface area contributed by atoms with Crippen LogP contribution in [0.5, 0.6) is 17.2 Å². The number of amides is 1. The van der Waals surface area contributed by atoms with Crippen LogP contribution in [0.4, 0.5) is 8.78 Å². The quantitative estimate of drug-likeness (QED) is 0.404. The second-order valence-electron chi connectivity index (χ2n) is 8.62. The molecule has 0 bridgehead atoms. The van der Waals surface area contributed by atoms with E-state index in [9.17, 15) is 13.6 Å². The summed E-state index contributed by atoms with van der Waals surface area (Å²) in [5.74, 6) is 0.746. The Bertz CT molecular complexity index is 1190. The standard InChI is InChI=1S/C29H30F2N2O4/c1-35-25-14-8-22(28(36-2)29(25)37-3)9-15-26(34)32-16-18-33(19-17-32)27(20-4-10-23(30)11-5-20)21-6-12-24(31)13-7-21/h4-15,27H,16-19H2,1-3H3. The highest BCUT2D eigenvalue weighted by Gasteiger charge is 2.28. The number of nitrogens with zero attached hydrogens (tertiary/aromatic N) is 2. The number of rotatable bonds is 8. The first-order chi connectivity index (χ1) is 17.9. The van der Waals surface area contributed by atoms with Crippen LogP contribution in [0.1, 0.15) is 22.7 Å². The first-order valence-electron chi connectivity index (χ1n) is 12.0. The summed E-state index contributed by atoms with van der Waals surface area (Å²) in [5.41, 5.74) is 2.52. The smallest absolute Gasteiger partial charge is 0.246 e. The normalized spacial score (nSPS) is 14.3. The lowest BCUT2D eigenvalue weighted by molar-refractivity contribution is -0.127. The van der Waals surface area contributed by atoms with Crippen molar-refractivity contribution < 1.29 is 27.8 Å². The summed E-state index contributed by atoms with van der Waals surface area (Å²) in [6.07, 6.45) is 3.23. The molecular weight excluding hydrogens is 478 g/mol. The van der Waals surface area contributed by atoms with Gasteiger partial charge in [-0.2, -0.15) is 0 Å². The highest BCUT2D eigenvalue weighted by Crippen LogP contribution is 2.40. The van der Waals surface area contributed by atoms with Crippen LogP contribution in [-0.4, -0.2) is 63.2 Å². The molecule has 0 saturated carbocycles. The minimum atomic E-state index is -0.310. The molecule has 0 unspecified atom stereocenters. The van der Waals surface area contributed by atoms with E-state index in [-0.39, 0.29) is 23.6 Å². The molecule has 0 atom stereocenters. The monoisotopic (exact) mass is 508 g/mol. The molecule has 6 nitrogen and oxygen atoms in total. The number of methoxy groups -OCH3 is 3. The summed E-state index contributed by atoms with van der Waals surface area (Å²) in [6, 6.07) is 16.1. The average Bonchev–Trinajstić information content (AvgIpc) is 2.93. The van der Waals surface area contributed by atoms with Gasteiger partial charge in [0.15, 0.2) is 11.5 Å². The van der Waals surface area contributed by atoms with Crippen molar-refractivity contribution >= 4 is 12.0 Å². The zero-order chi connectivity index (χ0) is 26.4. The third kappa shape index (κ3) is 5.91. The fourth-order valence-electron chi connectivity index (χ4n) is 4.63. The summed E-state index contributed by atoms with van der Waals surface area (Å²) in [5, 5.41) is 0. The fourth-order valence-corrected chi connectivity index (χ4v) is 4.63. The summed E-state index contributed by atoms with van der Waals surface area (Å²) < 4.78 is 43.4. The summed E-state index contributed by atoms with van der Waals surface area (Å²) >= 11 is 0. The molecule has 37 heavy (non-hydrogen) atoms. The largest absolute Gasteiger partial charge is 0.493 e. The summed E-state index contributed by atoms with van der Waals surface area (Å²) in [4.78, 5) is 17.0. The number of carbonyl (C=O) groups excluding carboxylic acids is 1. The molecule has 1 saturated heterocycles. The Labute approximate surface area is 215 Å². The third-order valence-electron chi connectivity index (χ3n) is 6.50. The van der Waals surface area contributed by atoms with Gasteiger partial charge in [-0.1, -0.05) is 24.3 Å². The van der Waals surface area contributed by atoms with Crippen molar-refractivity contribution in [1.29, 1.82) is 0 Å². The van der Waals surface area contributed by atoms with Crippen LogP contribution < -0.4 is 14.2 Å². The van der Waals surface area contributed by atoms with Crippen LogP contribution in [0.15, 0.2) is 66.7 Å². The molecule has 3 aromatic rings. The van der Waals surface area contributed by atoms with E-state index in [1.807, 2.05) is 0 Å². The molecule has 3 aromatic carbocycles.